The van der Waals surface area contributed by atoms with Crippen LogP contribution in [0.3, 0.4) is 0 Å². The fraction of sp³-hybridized carbons (Fsp3) is 0.560. The normalized spacial score (nSPS) is 20.7. The van der Waals surface area contributed by atoms with E-state index in [1.807, 2.05) is 56.0 Å². The number of carbonyl (C=O) groups is 1. The van der Waals surface area contributed by atoms with Crippen LogP contribution < -0.4 is 5.56 Å². The van der Waals surface area contributed by atoms with Crippen molar-refractivity contribution in [2.75, 3.05) is 13.1 Å². The monoisotopic (exact) mass is 423 g/mol. The first-order valence-corrected chi connectivity index (χ1v) is 11.4. The van der Waals surface area contributed by atoms with E-state index < -0.39 is 5.60 Å². The number of hydrogen-bond donors (Lipinski definition) is 0. The molecule has 6 heteroatoms. The fourth-order valence-corrected chi connectivity index (χ4v) is 5.19. The van der Waals surface area contributed by atoms with Gasteiger partial charge in [0.25, 0.3) is 5.56 Å². The average molecular weight is 424 g/mol. The minimum atomic E-state index is -0.490. The molecule has 2 fully saturated rings. The third kappa shape index (κ3) is 4.83. The summed E-state index contributed by atoms with van der Waals surface area (Å²) in [5.41, 5.74) is 1.21. The van der Waals surface area contributed by atoms with Gasteiger partial charge < -0.3 is 9.64 Å². The molecule has 2 heterocycles. The van der Waals surface area contributed by atoms with Gasteiger partial charge in [0.1, 0.15) is 5.60 Å². The molecule has 166 valence electrons. The molecule has 31 heavy (non-hydrogen) atoms. The second kappa shape index (κ2) is 8.48. The van der Waals surface area contributed by atoms with Crippen LogP contribution in [0.4, 0.5) is 4.79 Å². The summed E-state index contributed by atoms with van der Waals surface area (Å²) in [5.74, 6) is 0.357. The lowest BCUT2D eigenvalue weighted by Gasteiger charge is -2.46. The standard InChI is InChI=1S/C25H33N3O3/c1-24(2,3)31-23(30)27-14-11-20(25(17-27)12-7-8-13-25)16-28-18-26-21(15-22(28)29)19-9-5-4-6-10-19/h4-6,9-10,15,18,20H,7-8,11-14,16-17H2,1-3H3/t20-/m1/s1. The molecular formula is C25H33N3O3. The van der Waals surface area contributed by atoms with Crippen LogP contribution in [-0.2, 0) is 11.3 Å². The molecule has 1 saturated heterocycles. The Morgan fingerprint density at radius 1 is 1.19 bits per heavy atom. The summed E-state index contributed by atoms with van der Waals surface area (Å²) in [5, 5.41) is 0. The minimum absolute atomic E-state index is 0.0171. The molecule has 1 aromatic heterocycles. The number of hydrogen-bond acceptors (Lipinski definition) is 4. The zero-order chi connectivity index (χ0) is 22.1. The number of nitrogens with zero attached hydrogens (tertiary/aromatic N) is 3. The molecule has 2 aliphatic rings. The Balaban J connectivity index is 1.51. The quantitative estimate of drug-likeness (QED) is 0.716. The number of piperidine rings is 1. The molecule has 0 unspecified atom stereocenters. The van der Waals surface area contributed by atoms with Gasteiger partial charge in [0.05, 0.1) is 12.0 Å². The first-order chi connectivity index (χ1) is 14.8. The summed E-state index contributed by atoms with van der Waals surface area (Å²) >= 11 is 0. The first-order valence-electron chi connectivity index (χ1n) is 11.4. The Bertz CT molecular complexity index is 971. The third-order valence-corrected chi connectivity index (χ3v) is 6.74. The smallest absolute Gasteiger partial charge is 0.410 e. The van der Waals surface area contributed by atoms with Crippen molar-refractivity contribution < 1.29 is 9.53 Å². The van der Waals surface area contributed by atoms with E-state index in [0.717, 1.165) is 31.4 Å². The highest BCUT2D eigenvalue weighted by Crippen LogP contribution is 2.49. The van der Waals surface area contributed by atoms with Gasteiger partial charge in [-0.15, -0.1) is 0 Å². The largest absolute Gasteiger partial charge is 0.444 e. The molecular weight excluding hydrogens is 390 g/mol. The van der Waals surface area contributed by atoms with Crippen LogP contribution in [0.5, 0.6) is 0 Å². The lowest BCUT2D eigenvalue weighted by atomic mass is 9.69. The Morgan fingerprint density at radius 3 is 2.55 bits per heavy atom. The predicted molar refractivity (Wildman–Crippen MR) is 121 cm³/mol. The van der Waals surface area contributed by atoms with Gasteiger partial charge in [-0.2, -0.15) is 0 Å². The van der Waals surface area contributed by atoms with Crippen LogP contribution in [-0.4, -0.2) is 39.2 Å². The number of ether oxygens (including phenoxy) is 1. The highest BCUT2D eigenvalue weighted by molar-refractivity contribution is 5.68. The van der Waals surface area contributed by atoms with Crippen molar-refractivity contribution in [2.24, 2.45) is 11.3 Å². The zero-order valence-electron chi connectivity index (χ0n) is 18.8. The van der Waals surface area contributed by atoms with E-state index in [-0.39, 0.29) is 17.1 Å². The van der Waals surface area contributed by atoms with Crippen molar-refractivity contribution in [1.29, 1.82) is 0 Å². The zero-order valence-corrected chi connectivity index (χ0v) is 18.8. The molecule has 1 aromatic carbocycles. The molecule has 1 amide bonds. The molecule has 1 aliphatic heterocycles. The van der Waals surface area contributed by atoms with Gasteiger partial charge in [-0.3, -0.25) is 9.36 Å². The van der Waals surface area contributed by atoms with Crippen LogP contribution >= 0.6 is 0 Å². The number of amides is 1. The van der Waals surface area contributed by atoms with Gasteiger partial charge in [0.2, 0.25) is 0 Å². The Hall–Kier alpha value is -2.63. The van der Waals surface area contributed by atoms with Crippen molar-refractivity contribution in [3.8, 4) is 11.3 Å². The van der Waals surface area contributed by atoms with Crippen molar-refractivity contribution in [1.82, 2.24) is 14.5 Å². The molecule has 0 radical (unpaired) electrons. The highest BCUT2D eigenvalue weighted by Gasteiger charge is 2.46. The molecule has 2 aromatic rings. The molecule has 0 N–H and O–H groups in total. The second-order valence-electron chi connectivity index (χ2n) is 10.1. The van der Waals surface area contributed by atoms with Crippen LogP contribution in [0.25, 0.3) is 11.3 Å². The van der Waals surface area contributed by atoms with Gasteiger partial charge >= 0.3 is 6.09 Å². The number of aromatic nitrogens is 2. The van der Waals surface area contributed by atoms with Gasteiger partial charge in [-0.1, -0.05) is 43.2 Å². The lowest BCUT2D eigenvalue weighted by molar-refractivity contribution is -0.0156. The molecule has 0 bridgehead atoms. The van der Waals surface area contributed by atoms with Crippen LogP contribution in [0.15, 0.2) is 47.5 Å². The van der Waals surface area contributed by atoms with Crippen molar-refractivity contribution >= 4 is 6.09 Å². The van der Waals surface area contributed by atoms with E-state index in [2.05, 4.69) is 4.98 Å². The second-order valence-corrected chi connectivity index (χ2v) is 10.1. The first kappa shape index (κ1) is 21.6. The summed E-state index contributed by atoms with van der Waals surface area (Å²) in [6.45, 7) is 7.76. The topological polar surface area (TPSA) is 64.4 Å². The molecule has 1 spiro atoms. The Kier molecular flexibility index (Phi) is 5.91. The van der Waals surface area contributed by atoms with Gasteiger partial charge in [0.15, 0.2) is 0 Å². The lowest BCUT2D eigenvalue weighted by Crippen LogP contribution is -2.52. The van der Waals surface area contributed by atoms with Crippen LogP contribution in [0.2, 0.25) is 0 Å². The van der Waals surface area contributed by atoms with E-state index in [4.69, 9.17) is 4.74 Å². The number of carbonyl (C=O) groups excluding carboxylic acids is 1. The molecule has 1 saturated carbocycles. The van der Waals surface area contributed by atoms with E-state index in [0.29, 0.717) is 24.7 Å². The maximum atomic E-state index is 12.9. The average Bonchev–Trinajstić information content (AvgIpc) is 3.19. The van der Waals surface area contributed by atoms with E-state index >= 15 is 0 Å². The maximum absolute atomic E-state index is 12.9. The summed E-state index contributed by atoms with van der Waals surface area (Å²) in [4.78, 5) is 32.0. The molecule has 1 aliphatic carbocycles. The highest BCUT2D eigenvalue weighted by atomic mass is 16.6. The summed E-state index contributed by atoms with van der Waals surface area (Å²) in [7, 11) is 0. The SMILES string of the molecule is CC(C)(C)OC(=O)N1CC[C@H](Cn2cnc(-c3ccccc3)cc2=O)C2(CCCC2)C1. The summed E-state index contributed by atoms with van der Waals surface area (Å²) < 4.78 is 7.38. The van der Waals surface area contributed by atoms with Crippen molar-refractivity contribution in [3.05, 3.63) is 53.1 Å². The Morgan fingerprint density at radius 2 is 1.90 bits per heavy atom. The van der Waals surface area contributed by atoms with Gasteiger partial charge in [0, 0.05) is 31.3 Å². The minimum Gasteiger partial charge on any atom is -0.444 e. The summed E-state index contributed by atoms with van der Waals surface area (Å²) in [6.07, 6.45) is 6.91. The molecule has 4 rings (SSSR count). The summed E-state index contributed by atoms with van der Waals surface area (Å²) in [6, 6.07) is 11.4. The third-order valence-electron chi connectivity index (χ3n) is 6.74. The van der Waals surface area contributed by atoms with Gasteiger partial charge in [-0.05, 0) is 51.4 Å². The van der Waals surface area contributed by atoms with Crippen molar-refractivity contribution in [2.45, 2.75) is 65.0 Å². The van der Waals surface area contributed by atoms with Gasteiger partial charge in [-0.25, -0.2) is 9.78 Å². The molecule has 1 atom stereocenters. The number of likely N-dealkylation sites (tertiary alicyclic amines) is 1. The Labute approximate surface area is 184 Å². The van der Waals surface area contributed by atoms with E-state index in [9.17, 15) is 9.59 Å². The van der Waals surface area contributed by atoms with Crippen LogP contribution in [0.1, 0.15) is 52.9 Å². The molecule has 6 nitrogen and oxygen atoms in total. The maximum Gasteiger partial charge on any atom is 0.410 e. The van der Waals surface area contributed by atoms with Crippen molar-refractivity contribution in [3.63, 3.8) is 0 Å². The van der Waals surface area contributed by atoms with Crippen LogP contribution in [0, 0.1) is 11.3 Å². The number of rotatable bonds is 3. The fourth-order valence-electron chi connectivity index (χ4n) is 5.19. The van der Waals surface area contributed by atoms with E-state index in [1.54, 1.807) is 17.0 Å². The predicted octanol–water partition coefficient (Wildman–Crippen LogP) is 4.73. The number of benzene rings is 1. The van der Waals surface area contributed by atoms with E-state index in [1.165, 1.54) is 12.8 Å².